The molecule has 1 amide bonds. The lowest BCUT2D eigenvalue weighted by molar-refractivity contribution is -0.116. The van der Waals surface area contributed by atoms with Gasteiger partial charge in [0.15, 0.2) is 9.84 Å². The fourth-order valence-electron chi connectivity index (χ4n) is 2.05. The van der Waals surface area contributed by atoms with E-state index in [1.165, 1.54) is 0 Å². The van der Waals surface area contributed by atoms with Gasteiger partial charge in [0.05, 0.1) is 11.4 Å². The molecular weight excluding hydrogens is 445 g/mol. The SMILES string of the molecule is O=C(Nc1ccc(I)cc1Br)C1CCCCS1(=O)=O. The third-order valence-corrected chi connectivity index (χ3v) is 6.56. The van der Waals surface area contributed by atoms with Crippen molar-refractivity contribution in [2.75, 3.05) is 11.1 Å². The summed E-state index contributed by atoms with van der Waals surface area (Å²) in [5.41, 5.74) is 0.603. The molecule has 1 atom stereocenters. The molecule has 104 valence electrons. The van der Waals surface area contributed by atoms with Crippen LogP contribution in [0.25, 0.3) is 0 Å². The summed E-state index contributed by atoms with van der Waals surface area (Å²) in [6.07, 6.45) is 1.85. The number of sulfone groups is 1. The molecule has 1 fully saturated rings. The lowest BCUT2D eigenvalue weighted by Crippen LogP contribution is -2.39. The van der Waals surface area contributed by atoms with Crippen LogP contribution in [-0.4, -0.2) is 25.3 Å². The maximum absolute atomic E-state index is 12.1. The smallest absolute Gasteiger partial charge is 0.242 e. The van der Waals surface area contributed by atoms with E-state index in [-0.39, 0.29) is 5.75 Å². The molecule has 2 rings (SSSR count). The zero-order valence-electron chi connectivity index (χ0n) is 10.0. The Morgan fingerprint density at radius 2 is 2.11 bits per heavy atom. The highest BCUT2D eigenvalue weighted by Crippen LogP contribution is 2.26. The largest absolute Gasteiger partial charge is 0.324 e. The Hall–Kier alpha value is -0.150. The van der Waals surface area contributed by atoms with Crippen molar-refractivity contribution in [1.29, 1.82) is 0 Å². The topological polar surface area (TPSA) is 63.2 Å². The van der Waals surface area contributed by atoms with Crippen LogP contribution < -0.4 is 5.32 Å². The first kappa shape index (κ1) is 15.2. The summed E-state index contributed by atoms with van der Waals surface area (Å²) in [5, 5.41) is 1.78. The van der Waals surface area contributed by atoms with Crippen molar-refractivity contribution in [3.05, 3.63) is 26.2 Å². The highest BCUT2D eigenvalue weighted by molar-refractivity contribution is 14.1. The molecule has 1 N–H and O–H groups in total. The van der Waals surface area contributed by atoms with E-state index in [0.717, 1.165) is 14.5 Å². The van der Waals surface area contributed by atoms with Gasteiger partial charge in [-0.05, 0) is 69.6 Å². The van der Waals surface area contributed by atoms with E-state index in [0.29, 0.717) is 18.5 Å². The van der Waals surface area contributed by atoms with Gasteiger partial charge in [-0.15, -0.1) is 0 Å². The van der Waals surface area contributed by atoms with Gasteiger partial charge in [-0.2, -0.15) is 0 Å². The predicted octanol–water partition coefficient (Wildman–Crippen LogP) is 2.96. The molecule has 0 radical (unpaired) electrons. The first-order valence-corrected chi connectivity index (χ1v) is 9.46. The summed E-state index contributed by atoms with van der Waals surface area (Å²) in [6.45, 7) is 0. The summed E-state index contributed by atoms with van der Waals surface area (Å²) < 4.78 is 25.5. The maximum atomic E-state index is 12.1. The standard InChI is InChI=1S/C12H13BrINO3S/c13-9-7-8(14)4-5-10(9)15-12(16)11-3-1-2-6-19(11,17)18/h4-5,7,11H,1-3,6H2,(H,15,16). The van der Waals surface area contributed by atoms with Gasteiger partial charge in [0, 0.05) is 8.04 Å². The predicted molar refractivity (Wildman–Crippen MR) is 86.9 cm³/mol. The molecule has 1 saturated heterocycles. The van der Waals surface area contributed by atoms with Crippen molar-refractivity contribution < 1.29 is 13.2 Å². The first-order chi connectivity index (χ1) is 8.90. The van der Waals surface area contributed by atoms with E-state index < -0.39 is 21.0 Å². The monoisotopic (exact) mass is 457 g/mol. The zero-order chi connectivity index (χ0) is 14.0. The quantitative estimate of drug-likeness (QED) is 0.694. The lowest BCUT2D eigenvalue weighted by atomic mass is 10.2. The molecule has 1 heterocycles. The van der Waals surface area contributed by atoms with Crippen LogP contribution in [0.1, 0.15) is 19.3 Å². The normalized spacial score (nSPS) is 21.9. The molecule has 0 bridgehead atoms. The van der Waals surface area contributed by atoms with Gasteiger partial charge in [0.25, 0.3) is 0 Å². The van der Waals surface area contributed by atoms with Crippen molar-refractivity contribution in [3.63, 3.8) is 0 Å². The van der Waals surface area contributed by atoms with Crippen molar-refractivity contribution in [2.24, 2.45) is 0 Å². The van der Waals surface area contributed by atoms with Crippen LogP contribution in [0.4, 0.5) is 5.69 Å². The minimum atomic E-state index is -3.29. The molecule has 1 aliphatic rings. The summed E-state index contributed by atoms with van der Waals surface area (Å²) in [6, 6.07) is 5.49. The lowest BCUT2D eigenvalue weighted by Gasteiger charge is -2.21. The second-order valence-electron chi connectivity index (χ2n) is 4.46. The molecule has 0 aromatic heterocycles. The van der Waals surface area contributed by atoms with E-state index in [1.54, 1.807) is 6.07 Å². The molecule has 1 aliphatic heterocycles. The molecule has 4 nitrogen and oxygen atoms in total. The van der Waals surface area contributed by atoms with Gasteiger partial charge in [-0.1, -0.05) is 6.42 Å². The molecule has 1 unspecified atom stereocenters. The maximum Gasteiger partial charge on any atom is 0.242 e. The van der Waals surface area contributed by atoms with Gasteiger partial charge >= 0.3 is 0 Å². The Morgan fingerprint density at radius 1 is 1.37 bits per heavy atom. The van der Waals surface area contributed by atoms with E-state index in [4.69, 9.17) is 0 Å². The van der Waals surface area contributed by atoms with Crippen molar-refractivity contribution in [2.45, 2.75) is 24.5 Å². The number of anilines is 1. The van der Waals surface area contributed by atoms with Gasteiger partial charge < -0.3 is 5.32 Å². The van der Waals surface area contributed by atoms with Crippen LogP contribution >= 0.6 is 38.5 Å². The van der Waals surface area contributed by atoms with Gasteiger partial charge in [0.2, 0.25) is 5.91 Å². The average molecular weight is 458 g/mol. The highest BCUT2D eigenvalue weighted by Gasteiger charge is 2.34. The van der Waals surface area contributed by atoms with Crippen molar-refractivity contribution >= 4 is 60.0 Å². The number of rotatable bonds is 2. The van der Waals surface area contributed by atoms with Crippen LogP contribution in [0, 0.1) is 3.57 Å². The molecule has 19 heavy (non-hydrogen) atoms. The number of halogens is 2. The Kier molecular flexibility index (Phi) is 4.88. The summed E-state index contributed by atoms with van der Waals surface area (Å²) in [7, 11) is -3.29. The Balaban J connectivity index is 2.17. The minimum absolute atomic E-state index is 0.110. The molecule has 1 aromatic rings. The van der Waals surface area contributed by atoms with E-state index in [1.807, 2.05) is 12.1 Å². The molecule has 1 aromatic carbocycles. The second kappa shape index (κ2) is 6.09. The van der Waals surface area contributed by atoms with E-state index >= 15 is 0 Å². The van der Waals surface area contributed by atoms with Crippen LogP contribution in [0.2, 0.25) is 0 Å². The number of amides is 1. The Labute approximate surface area is 134 Å². The molecular formula is C12H13BrINO3S. The van der Waals surface area contributed by atoms with Gasteiger partial charge in [-0.25, -0.2) is 8.42 Å². The van der Waals surface area contributed by atoms with Crippen molar-refractivity contribution in [3.8, 4) is 0 Å². The Morgan fingerprint density at radius 3 is 2.74 bits per heavy atom. The van der Waals surface area contributed by atoms with Crippen LogP contribution in [0.3, 0.4) is 0 Å². The number of hydrogen-bond acceptors (Lipinski definition) is 3. The zero-order valence-corrected chi connectivity index (χ0v) is 14.6. The number of benzene rings is 1. The Bertz CT molecular complexity index is 603. The number of nitrogens with one attached hydrogen (secondary N) is 1. The highest BCUT2D eigenvalue weighted by atomic mass is 127. The number of carbonyl (C=O) groups excluding carboxylic acids is 1. The van der Waals surface area contributed by atoms with Crippen LogP contribution in [0.15, 0.2) is 22.7 Å². The van der Waals surface area contributed by atoms with E-state index in [2.05, 4.69) is 43.8 Å². The third-order valence-electron chi connectivity index (χ3n) is 3.06. The summed E-state index contributed by atoms with van der Waals surface area (Å²) in [5.74, 6) is -0.319. The van der Waals surface area contributed by atoms with Gasteiger partial charge in [-0.3, -0.25) is 4.79 Å². The minimum Gasteiger partial charge on any atom is -0.324 e. The molecule has 7 heteroatoms. The second-order valence-corrected chi connectivity index (χ2v) is 8.87. The van der Waals surface area contributed by atoms with Gasteiger partial charge in [0.1, 0.15) is 5.25 Å². The number of carbonyl (C=O) groups is 1. The molecule has 0 saturated carbocycles. The fraction of sp³-hybridized carbons (Fsp3) is 0.417. The number of hydrogen-bond donors (Lipinski definition) is 1. The molecule has 0 aliphatic carbocycles. The first-order valence-electron chi connectivity index (χ1n) is 5.87. The van der Waals surface area contributed by atoms with E-state index in [9.17, 15) is 13.2 Å². The summed E-state index contributed by atoms with van der Waals surface area (Å²) in [4.78, 5) is 12.1. The van der Waals surface area contributed by atoms with Crippen LogP contribution in [0.5, 0.6) is 0 Å². The fourth-order valence-corrected chi connectivity index (χ4v) is 5.25. The molecule has 0 spiro atoms. The third kappa shape index (κ3) is 3.69. The summed E-state index contributed by atoms with van der Waals surface area (Å²) >= 11 is 5.53. The van der Waals surface area contributed by atoms with Crippen LogP contribution in [-0.2, 0) is 14.6 Å². The average Bonchev–Trinajstić information content (AvgIpc) is 2.32. The van der Waals surface area contributed by atoms with Crippen molar-refractivity contribution in [1.82, 2.24) is 0 Å².